The molecule has 0 aliphatic carbocycles. The van der Waals surface area contributed by atoms with Gasteiger partial charge in [0, 0.05) is 6.04 Å². The van der Waals surface area contributed by atoms with E-state index in [1.807, 2.05) is 0 Å². The molecule has 0 bridgehead atoms. The number of nitrogens with one attached hydrogen (secondary N) is 1. The van der Waals surface area contributed by atoms with Gasteiger partial charge in [-0.1, -0.05) is 91.4 Å². The van der Waals surface area contributed by atoms with Crippen LogP contribution in [0.4, 0.5) is 0 Å². The van der Waals surface area contributed by atoms with Gasteiger partial charge in [0.1, 0.15) is 0 Å². The van der Waals surface area contributed by atoms with E-state index in [1.54, 1.807) is 0 Å². The van der Waals surface area contributed by atoms with Gasteiger partial charge in [-0.25, -0.2) is 0 Å². The molecule has 1 N–H and O–H groups in total. The van der Waals surface area contributed by atoms with Crippen LogP contribution in [0.5, 0.6) is 0 Å². The predicted molar refractivity (Wildman–Crippen MR) is 88.8 cm³/mol. The van der Waals surface area contributed by atoms with Crippen LogP contribution in [0, 0.1) is 5.92 Å². The summed E-state index contributed by atoms with van der Waals surface area (Å²) in [4.78, 5) is 0. The van der Waals surface area contributed by atoms with Gasteiger partial charge in [-0.05, 0) is 19.4 Å². The monoisotopic (exact) mass is 269 g/mol. The molecule has 0 fully saturated rings. The Bertz CT molecular complexity index is 167. The van der Waals surface area contributed by atoms with Crippen molar-refractivity contribution in [2.45, 2.75) is 104 Å². The quantitative estimate of drug-likeness (QED) is 0.385. The lowest BCUT2D eigenvalue weighted by Gasteiger charge is -2.22. The molecule has 0 saturated heterocycles. The van der Waals surface area contributed by atoms with Gasteiger partial charge in [-0.3, -0.25) is 0 Å². The van der Waals surface area contributed by atoms with Crippen LogP contribution >= 0.6 is 0 Å². The summed E-state index contributed by atoms with van der Waals surface area (Å²) in [5, 5.41) is 3.48. The van der Waals surface area contributed by atoms with Crippen molar-refractivity contribution in [2.24, 2.45) is 5.92 Å². The molecule has 0 aromatic rings. The lowest BCUT2D eigenvalue weighted by atomic mass is 9.94. The molecule has 0 aliphatic heterocycles. The molecule has 0 aromatic heterocycles. The number of unbranched alkanes of at least 4 members (excludes halogenated alkanes) is 9. The molecule has 1 heteroatoms. The summed E-state index contributed by atoms with van der Waals surface area (Å²) in [5.74, 6) is 0.823. The third kappa shape index (κ3) is 11.5. The third-order valence-corrected chi connectivity index (χ3v) is 4.57. The normalized spacial score (nSPS) is 14.5. The van der Waals surface area contributed by atoms with Crippen LogP contribution in [0.3, 0.4) is 0 Å². The van der Waals surface area contributed by atoms with Gasteiger partial charge in [0.05, 0.1) is 0 Å². The van der Waals surface area contributed by atoms with E-state index in [0.717, 1.165) is 12.0 Å². The van der Waals surface area contributed by atoms with Crippen LogP contribution in [-0.4, -0.2) is 13.1 Å². The lowest BCUT2D eigenvalue weighted by molar-refractivity contribution is 0.356. The fourth-order valence-corrected chi connectivity index (χ4v) is 2.85. The van der Waals surface area contributed by atoms with Crippen molar-refractivity contribution >= 4 is 0 Å². The van der Waals surface area contributed by atoms with E-state index in [0.29, 0.717) is 0 Å². The van der Waals surface area contributed by atoms with Crippen molar-refractivity contribution in [1.29, 1.82) is 0 Å². The maximum atomic E-state index is 3.48. The summed E-state index contributed by atoms with van der Waals surface area (Å²) in [6.07, 6.45) is 17.0. The Labute approximate surface area is 122 Å². The van der Waals surface area contributed by atoms with Crippen LogP contribution in [0.15, 0.2) is 0 Å². The molecular weight excluding hydrogens is 230 g/mol. The van der Waals surface area contributed by atoms with E-state index in [9.17, 15) is 0 Å². The van der Waals surface area contributed by atoms with Gasteiger partial charge in [-0.2, -0.15) is 0 Å². The minimum atomic E-state index is 0.735. The smallest absolute Gasteiger partial charge is 0.00895 e. The highest BCUT2D eigenvalue weighted by molar-refractivity contribution is 4.70. The standard InChI is InChI=1S/C18H39N/c1-5-7-8-9-10-11-12-13-14-15-16-18(19-4)17(3)6-2/h17-19H,5-16H2,1-4H3. The summed E-state index contributed by atoms with van der Waals surface area (Å²) in [6.45, 7) is 6.96. The van der Waals surface area contributed by atoms with Crippen LogP contribution in [0.2, 0.25) is 0 Å². The van der Waals surface area contributed by atoms with Crippen LogP contribution in [0.1, 0.15) is 97.8 Å². The topological polar surface area (TPSA) is 12.0 Å². The van der Waals surface area contributed by atoms with Gasteiger partial charge in [0.2, 0.25) is 0 Å². The van der Waals surface area contributed by atoms with E-state index in [-0.39, 0.29) is 0 Å². The van der Waals surface area contributed by atoms with Gasteiger partial charge in [0.15, 0.2) is 0 Å². The molecule has 1 nitrogen and oxygen atoms in total. The summed E-state index contributed by atoms with van der Waals surface area (Å²) < 4.78 is 0. The van der Waals surface area contributed by atoms with Crippen molar-refractivity contribution in [3.05, 3.63) is 0 Å². The molecule has 0 aliphatic rings. The van der Waals surface area contributed by atoms with E-state index >= 15 is 0 Å². The largest absolute Gasteiger partial charge is 0.317 e. The molecule has 0 radical (unpaired) electrons. The minimum absolute atomic E-state index is 0.735. The Morgan fingerprint density at radius 3 is 1.63 bits per heavy atom. The zero-order valence-electron chi connectivity index (χ0n) is 14.1. The van der Waals surface area contributed by atoms with E-state index in [4.69, 9.17) is 0 Å². The Morgan fingerprint density at radius 2 is 1.21 bits per heavy atom. The third-order valence-electron chi connectivity index (χ3n) is 4.57. The summed E-state index contributed by atoms with van der Waals surface area (Å²) in [5.41, 5.74) is 0. The summed E-state index contributed by atoms with van der Waals surface area (Å²) >= 11 is 0. The zero-order valence-corrected chi connectivity index (χ0v) is 14.1. The second kappa shape index (κ2) is 14.4. The maximum Gasteiger partial charge on any atom is 0.00895 e. The highest BCUT2D eigenvalue weighted by atomic mass is 14.9. The lowest BCUT2D eigenvalue weighted by Crippen LogP contribution is -2.31. The van der Waals surface area contributed by atoms with Crippen molar-refractivity contribution in [2.75, 3.05) is 7.05 Å². The zero-order chi connectivity index (χ0) is 14.3. The second-order valence-corrected chi connectivity index (χ2v) is 6.25. The van der Waals surface area contributed by atoms with Crippen molar-refractivity contribution in [1.82, 2.24) is 5.32 Å². The first-order valence-electron chi connectivity index (χ1n) is 8.93. The molecule has 0 rings (SSSR count). The van der Waals surface area contributed by atoms with Crippen molar-refractivity contribution in [3.8, 4) is 0 Å². The average Bonchev–Trinajstić information content (AvgIpc) is 2.44. The molecule has 0 saturated carbocycles. The van der Waals surface area contributed by atoms with Gasteiger partial charge in [-0.15, -0.1) is 0 Å². The highest BCUT2D eigenvalue weighted by Crippen LogP contribution is 2.16. The molecule has 0 spiro atoms. The maximum absolute atomic E-state index is 3.48. The first-order valence-corrected chi connectivity index (χ1v) is 8.93. The first kappa shape index (κ1) is 19.0. The SMILES string of the molecule is CCCCCCCCCCCCC(NC)C(C)CC. The Hall–Kier alpha value is -0.0400. The summed E-state index contributed by atoms with van der Waals surface area (Å²) in [6, 6.07) is 0.735. The molecule has 0 amide bonds. The second-order valence-electron chi connectivity index (χ2n) is 6.25. The Balaban J connectivity index is 3.25. The van der Waals surface area contributed by atoms with Crippen molar-refractivity contribution in [3.63, 3.8) is 0 Å². The van der Waals surface area contributed by atoms with Crippen molar-refractivity contribution < 1.29 is 0 Å². The molecule has 0 aromatic carbocycles. The highest BCUT2D eigenvalue weighted by Gasteiger charge is 2.12. The Morgan fingerprint density at radius 1 is 0.737 bits per heavy atom. The molecule has 19 heavy (non-hydrogen) atoms. The average molecular weight is 270 g/mol. The molecule has 2 unspecified atom stereocenters. The van der Waals surface area contributed by atoms with Gasteiger partial charge < -0.3 is 5.32 Å². The van der Waals surface area contributed by atoms with Gasteiger partial charge >= 0.3 is 0 Å². The molecule has 2 atom stereocenters. The Kier molecular flexibility index (Phi) is 14.3. The number of hydrogen-bond acceptors (Lipinski definition) is 1. The molecule has 0 heterocycles. The fourth-order valence-electron chi connectivity index (χ4n) is 2.85. The van der Waals surface area contributed by atoms with Crippen LogP contribution in [0.25, 0.3) is 0 Å². The first-order chi connectivity index (χ1) is 9.26. The number of rotatable bonds is 14. The summed E-state index contributed by atoms with van der Waals surface area (Å²) in [7, 11) is 2.12. The fraction of sp³-hybridized carbons (Fsp3) is 1.00. The van der Waals surface area contributed by atoms with E-state index < -0.39 is 0 Å². The minimum Gasteiger partial charge on any atom is -0.317 e. The predicted octanol–water partition coefficient (Wildman–Crippen LogP) is 5.93. The molecule has 116 valence electrons. The van der Waals surface area contributed by atoms with E-state index in [1.165, 1.54) is 77.0 Å². The molecular formula is C18H39N. The van der Waals surface area contributed by atoms with E-state index in [2.05, 4.69) is 33.1 Å². The van der Waals surface area contributed by atoms with Gasteiger partial charge in [0.25, 0.3) is 0 Å². The van der Waals surface area contributed by atoms with Crippen LogP contribution in [-0.2, 0) is 0 Å². The van der Waals surface area contributed by atoms with Crippen LogP contribution < -0.4 is 5.32 Å². The number of hydrogen-bond donors (Lipinski definition) is 1.